The van der Waals surface area contributed by atoms with Crippen LogP contribution in [0, 0.1) is 0 Å². The van der Waals surface area contributed by atoms with Gasteiger partial charge in [0.1, 0.15) is 6.26 Å². The van der Waals surface area contributed by atoms with Crippen LogP contribution in [0.3, 0.4) is 0 Å². The molecule has 3 heterocycles. The van der Waals surface area contributed by atoms with E-state index in [1.165, 1.54) is 29.2 Å². The molecule has 0 spiro atoms. The summed E-state index contributed by atoms with van der Waals surface area (Å²) >= 11 is 1.14. The molecule has 3 aromatic heterocycles. The maximum atomic E-state index is 13.4. The molecule has 0 aliphatic rings. The van der Waals surface area contributed by atoms with Crippen molar-refractivity contribution >= 4 is 17.7 Å². The summed E-state index contributed by atoms with van der Waals surface area (Å²) in [5.74, 6) is 0.569. The lowest BCUT2D eigenvalue weighted by molar-refractivity contribution is -0.137. The van der Waals surface area contributed by atoms with Crippen LogP contribution in [0.4, 0.5) is 13.2 Å². The van der Waals surface area contributed by atoms with Crippen molar-refractivity contribution in [3.8, 4) is 17.3 Å². The van der Waals surface area contributed by atoms with E-state index in [1.54, 1.807) is 12.1 Å². The topological polar surface area (TPSA) is 99.0 Å². The van der Waals surface area contributed by atoms with Gasteiger partial charge < -0.3 is 14.2 Å². The molecule has 5 rings (SSSR count). The fraction of sp³-hybridized carbons (Fsp3) is 0.154. The minimum atomic E-state index is -4.52. The smallest absolute Gasteiger partial charge is 0.416 e. The number of carbonyl (C=O) groups excluding carboxylic acids is 1. The molecule has 0 saturated heterocycles. The predicted molar refractivity (Wildman–Crippen MR) is 132 cm³/mol. The molecular weight excluding hydrogens is 519 g/mol. The van der Waals surface area contributed by atoms with Crippen LogP contribution in [0.15, 0.2) is 93.2 Å². The Morgan fingerprint density at radius 1 is 1.05 bits per heavy atom. The van der Waals surface area contributed by atoms with E-state index >= 15 is 0 Å². The molecule has 0 radical (unpaired) electrons. The van der Waals surface area contributed by atoms with Gasteiger partial charge in [-0.25, -0.2) is 4.98 Å². The summed E-state index contributed by atoms with van der Waals surface area (Å²) in [6.45, 7) is 1.86. The summed E-state index contributed by atoms with van der Waals surface area (Å²) in [5, 5.41) is 11.5. The zero-order chi connectivity index (χ0) is 26.7. The van der Waals surface area contributed by atoms with Crippen molar-refractivity contribution in [2.75, 3.05) is 0 Å². The molecule has 38 heavy (non-hydrogen) atoms. The lowest BCUT2D eigenvalue weighted by atomic mass is 10.1. The maximum Gasteiger partial charge on any atom is 0.416 e. The van der Waals surface area contributed by atoms with Crippen molar-refractivity contribution in [2.24, 2.45) is 0 Å². The SMILES string of the molecule is CC(NC(=O)c1coc(CSc2nnc(-c3ccco3)n2-c2cccc(C(F)(F)F)c2)n1)c1ccccc1. The average molecular weight is 540 g/mol. The van der Waals surface area contributed by atoms with Gasteiger partial charge in [-0.2, -0.15) is 13.2 Å². The van der Waals surface area contributed by atoms with E-state index in [0.29, 0.717) is 5.76 Å². The van der Waals surface area contributed by atoms with E-state index in [4.69, 9.17) is 8.83 Å². The van der Waals surface area contributed by atoms with Gasteiger partial charge in [-0.3, -0.25) is 9.36 Å². The molecule has 1 atom stereocenters. The van der Waals surface area contributed by atoms with Crippen LogP contribution < -0.4 is 5.32 Å². The Kier molecular flexibility index (Phi) is 7.05. The normalized spacial score (nSPS) is 12.4. The van der Waals surface area contributed by atoms with Gasteiger partial charge >= 0.3 is 6.18 Å². The monoisotopic (exact) mass is 539 g/mol. The van der Waals surface area contributed by atoms with E-state index in [2.05, 4.69) is 20.5 Å². The number of thioether (sulfide) groups is 1. The third kappa shape index (κ3) is 5.49. The van der Waals surface area contributed by atoms with Gasteiger partial charge in [0.15, 0.2) is 16.6 Å². The van der Waals surface area contributed by atoms with Crippen LogP contribution >= 0.6 is 11.8 Å². The van der Waals surface area contributed by atoms with E-state index < -0.39 is 17.6 Å². The summed E-state index contributed by atoms with van der Waals surface area (Å²) in [4.78, 5) is 16.9. The van der Waals surface area contributed by atoms with Crippen molar-refractivity contribution in [3.05, 3.63) is 102 Å². The van der Waals surface area contributed by atoms with Crippen LogP contribution in [0.25, 0.3) is 17.3 Å². The third-order valence-corrected chi connectivity index (χ3v) is 6.48. The fourth-order valence-corrected chi connectivity index (χ4v) is 4.49. The van der Waals surface area contributed by atoms with Gasteiger partial charge in [-0.15, -0.1) is 10.2 Å². The molecule has 0 aliphatic heterocycles. The number of nitrogens with zero attached hydrogens (tertiary/aromatic N) is 4. The van der Waals surface area contributed by atoms with Gasteiger partial charge in [0.05, 0.1) is 29.3 Å². The molecule has 0 aliphatic carbocycles. The van der Waals surface area contributed by atoms with Gasteiger partial charge in [-0.1, -0.05) is 48.2 Å². The molecule has 2 aromatic carbocycles. The molecule has 194 valence electrons. The number of oxazole rings is 1. The predicted octanol–water partition coefficient (Wildman–Crippen LogP) is 6.32. The summed E-state index contributed by atoms with van der Waals surface area (Å²) in [5.41, 5.74) is 0.458. The lowest BCUT2D eigenvalue weighted by Gasteiger charge is -2.12. The highest BCUT2D eigenvalue weighted by Gasteiger charge is 2.31. The molecule has 0 fully saturated rings. The number of carbonyl (C=O) groups is 1. The number of rotatable bonds is 8. The molecule has 0 saturated carbocycles. The molecule has 8 nitrogen and oxygen atoms in total. The molecule has 1 unspecified atom stereocenters. The number of halogens is 3. The van der Waals surface area contributed by atoms with Crippen molar-refractivity contribution < 1.29 is 26.8 Å². The number of hydrogen-bond acceptors (Lipinski definition) is 7. The van der Waals surface area contributed by atoms with E-state index in [-0.39, 0.29) is 40.0 Å². The highest BCUT2D eigenvalue weighted by Crippen LogP contribution is 2.34. The van der Waals surface area contributed by atoms with Gasteiger partial charge in [0.25, 0.3) is 5.91 Å². The number of amides is 1. The minimum Gasteiger partial charge on any atom is -0.461 e. The highest BCUT2D eigenvalue weighted by molar-refractivity contribution is 7.98. The molecular formula is C26H20F3N5O3S. The second-order valence-corrected chi connectivity index (χ2v) is 9.13. The second kappa shape index (κ2) is 10.6. The van der Waals surface area contributed by atoms with Crippen molar-refractivity contribution in [2.45, 2.75) is 30.1 Å². The molecule has 0 bridgehead atoms. The Balaban J connectivity index is 1.35. The quantitative estimate of drug-likeness (QED) is 0.231. The first-order valence-corrected chi connectivity index (χ1v) is 12.4. The molecule has 1 amide bonds. The minimum absolute atomic E-state index is 0.110. The molecule has 1 N–H and O–H groups in total. The number of aromatic nitrogens is 4. The number of nitrogens with one attached hydrogen (secondary N) is 1. The Hall–Kier alpha value is -4.32. The van der Waals surface area contributed by atoms with Crippen LogP contribution in [-0.2, 0) is 11.9 Å². The first-order valence-electron chi connectivity index (χ1n) is 11.4. The first kappa shape index (κ1) is 25.3. The fourth-order valence-electron chi connectivity index (χ4n) is 3.69. The van der Waals surface area contributed by atoms with Crippen LogP contribution in [0.2, 0.25) is 0 Å². The van der Waals surface area contributed by atoms with Gasteiger partial charge in [0.2, 0.25) is 11.7 Å². The standard InChI is InChI=1S/C26H20F3N5O3S/c1-16(17-7-3-2-4-8-17)30-24(35)20-14-37-22(31-20)15-38-25-33-32-23(21-11-6-12-36-21)34(25)19-10-5-9-18(13-19)26(27,28)29/h2-14,16H,15H2,1H3,(H,30,35). The van der Waals surface area contributed by atoms with Crippen LogP contribution in [-0.4, -0.2) is 25.7 Å². The number of benzene rings is 2. The van der Waals surface area contributed by atoms with Crippen molar-refractivity contribution in [1.29, 1.82) is 0 Å². The Morgan fingerprint density at radius 2 is 1.87 bits per heavy atom. The van der Waals surface area contributed by atoms with Crippen molar-refractivity contribution in [1.82, 2.24) is 25.1 Å². The number of furan rings is 1. The maximum absolute atomic E-state index is 13.4. The summed E-state index contributed by atoms with van der Waals surface area (Å²) in [6, 6.07) is 17.4. The second-order valence-electron chi connectivity index (χ2n) is 8.19. The molecule has 5 aromatic rings. The highest BCUT2D eigenvalue weighted by atomic mass is 32.2. The Labute approximate surface area is 218 Å². The average Bonchev–Trinajstić information content (AvgIpc) is 3.68. The van der Waals surface area contributed by atoms with Crippen LogP contribution in [0.5, 0.6) is 0 Å². The Bertz CT molecular complexity index is 1530. The first-order chi connectivity index (χ1) is 18.3. The zero-order valence-corrected chi connectivity index (χ0v) is 20.7. The summed E-state index contributed by atoms with van der Waals surface area (Å²) < 4.78 is 52.5. The zero-order valence-electron chi connectivity index (χ0n) is 19.8. The summed E-state index contributed by atoms with van der Waals surface area (Å²) in [7, 11) is 0. The largest absolute Gasteiger partial charge is 0.461 e. The summed E-state index contributed by atoms with van der Waals surface area (Å²) in [6.07, 6.45) is -1.82. The molecule has 12 heteroatoms. The van der Waals surface area contributed by atoms with E-state index in [9.17, 15) is 18.0 Å². The van der Waals surface area contributed by atoms with E-state index in [0.717, 1.165) is 29.5 Å². The van der Waals surface area contributed by atoms with Gasteiger partial charge in [-0.05, 0) is 42.8 Å². The van der Waals surface area contributed by atoms with Crippen molar-refractivity contribution in [3.63, 3.8) is 0 Å². The van der Waals surface area contributed by atoms with Crippen LogP contribution in [0.1, 0.15) is 40.5 Å². The number of alkyl halides is 3. The third-order valence-electron chi connectivity index (χ3n) is 5.56. The number of hydrogen-bond donors (Lipinski definition) is 1. The Morgan fingerprint density at radius 3 is 2.61 bits per heavy atom. The van der Waals surface area contributed by atoms with Gasteiger partial charge in [0, 0.05) is 0 Å². The lowest BCUT2D eigenvalue weighted by Crippen LogP contribution is -2.26. The van der Waals surface area contributed by atoms with E-state index in [1.807, 2.05) is 37.3 Å².